The van der Waals surface area contributed by atoms with Crippen molar-refractivity contribution in [1.82, 2.24) is 10.6 Å². The number of carbonyl (C=O) groups excluding carboxylic acids is 1. The molecule has 0 spiro atoms. The molecule has 1 aliphatic heterocycles. The van der Waals surface area contributed by atoms with Gasteiger partial charge in [-0.15, -0.1) is 24.0 Å². The Morgan fingerprint density at radius 2 is 1.87 bits per heavy atom. The van der Waals surface area contributed by atoms with E-state index in [1.165, 1.54) is 0 Å². The Morgan fingerprint density at radius 1 is 1.17 bits per heavy atom. The first-order chi connectivity index (χ1) is 13.7. The first kappa shape index (κ1) is 26.3. The average Bonchev–Trinajstić information content (AvgIpc) is 2.86. The van der Waals surface area contributed by atoms with Crippen molar-refractivity contribution in [2.45, 2.75) is 59.4 Å². The highest BCUT2D eigenvalue weighted by Gasteiger charge is 2.14. The summed E-state index contributed by atoms with van der Waals surface area (Å²) in [6.45, 7) is 12.4. The zero-order chi connectivity index (χ0) is 21.3. The van der Waals surface area contributed by atoms with Crippen molar-refractivity contribution in [2.24, 2.45) is 10.9 Å². The van der Waals surface area contributed by atoms with Gasteiger partial charge < -0.3 is 25.4 Å². The zero-order valence-electron chi connectivity index (χ0n) is 18.8. The third-order valence-corrected chi connectivity index (χ3v) is 4.16. The van der Waals surface area contributed by atoms with Crippen molar-refractivity contribution in [3.63, 3.8) is 0 Å². The Kier molecular flexibility index (Phi) is 11.3. The molecule has 0 saturated heterocycles. The van der Waals surface area contributed by atoms with Crippen LogP contribution in [0.4, 0.5) is 5.69 Å². The Hall–Kier alpha value is -1.71. The molecule has 0 bridgehead atoms. The van der Waals surface area contributed by atoms with Crippen molar-refractivity contribution in [3.05, 3.63) is 18.2 Å². The third-order valence-electron chi connectivity index (χ3n) is 4.16. The van der Waals surface area contributed by atoms with Gasteiger partial charge in [-0.1, -0.05) is 13.8 Å². The molecule has 0 unspecified atom stereocenters. The molecule has 170 valence electrons. The summed E-state index contributed by atoms with van der Waals surface area (Å²) in [5.74, 6) is 2.59. The van der Waals surface area contributed by atoms with Crippen LogP contribution in [-0.4, -0.2) is 43.7 Å². The Morgan fingerprint density at radius 3 is 2.53 bits per heavy atom. The lowest BCUT2D eigenvalue weighted by molar-refractivity contribution is -0.121. The van der Waals surface area contributed by atoms with Crippen LogP contribution in [0.5, 0.6) is 11.5 Å². The van der Waals surface area contributed by atoms with Crippen LogP contribution in [0.2, 0.25) is 0 Å². The largest absolute Gasteiger partial charge is 0.490 e. The van der Waals surface area contributed by atoms with Gasteiger partial charge >= 0.3 is 0 Å². The fourth-order valence-corrected chi connectivity index (χ4v) is 2.84. The Balaban J connectivity index is 0.00000450. The van der Waals surface area contributed by atoms with E-state index >= 15 is 0 Å². The highest BCUT2D eigenvalue weighted by molar-refractivity contribution is 14.0. The van der Waals surface area contributed by atoms with Crippen LogP contribution < -0.4 is 25.4 Å². The molecule has 1 aromatic rings. The van der Waals surface area contributed by atoms with Gasteiger partial charge in [-0.25, -0.2) is 4.99 Å². The van der Waals surface area contributed by atoms with Crippen LogP contribution in [0, 0.1) is 5.92 Å². The zero-order valence-corrected chi connectivity index (χ0v) is 21.2. The number of hydrogen-bond acceptors (Lipinski definition) is 4. The van der Waals surface area contributed by atoms with Gasteiger partial charge in [0.15, 0.2) is 17.5 Å². The molecule has 30 heavy (non-hydrogen) atoms. The number of amides is 1. The van der Waals surface area contributed by atoms with E-state index in [0.717, 1.165) is 43.0 Å². The standard InChI is InChI=1S/C22H36N4O3.HI/c1-16(2)8-6-11-23-21(24-15-20(27)26-22(3,4)5)25-17-9-10-18-19(14-17)29-13-7-12-28-18;/h9-10,14,16H,6-8,11-13,15H2,1-5H3,(H,26,27)(H2,23,24,25);1H. The van der Waals surface area contributed by atoms with Gasteiger partial charge in [0.1, 0.15) is 6.54 Å². The van der Waals surface area contributed by atoms with Crippen LogP contribution in [0.25, 0.3) is 0 Å². The lowest BCUT2D eigenvalue weighted by Gasteiger charge is -2.20. The van der Waals surface area contributed by atoms with Gasteiger partial charge in [0, 0.05) is 30.3 Å². The van der Waals surface area contributed by atoms with Crippen molar-refractivity contribution >= 4 is 41.5 Å². The number of nitrogens with zero attached hydrogens (tertiary/aromatic N) is 1. The predicted molar refractivity (Wildman–Crippen MR) is 133 cm³/mol. The van der Waals surface area contributed by atoms with E-state index in [1.807, 2.05) is 39.0 Å². The van der Waals surface area contributed by atoms with E-state index in [-0.39, 0.29) is 42.0 Å². The van der Waals surface area contributed by atoms with Crippen molar-refractivity contribution in [3.8, 4) is 11.5 Å². The number of aliphatic imine (C=N–C) groups is 1. The molecule has 0 fully saturated rings. The maximum atomic E-state index is 12.2. The minimum Gasteiger partial charge on any atom is -0.490 e. The second-order valence-electron chi connectivity index (χ2n) is 8.76. The number of ether oxygens (including phenoxy) is 2. The lowest BCUT2D eigenvalue weighted by atomic mass is 10.1. The third kappa shape index (κ3) is 10.4. The van der Waals surface area contributed by atoms with Gasteiger partial charge in [0.25, 0.3) is 0 Å². The SMILES string of the molecule is CC(C)CCCNC(=NCC(=O)NC(C)(C)C)Nc1ccc2c(c1)OCCCO2.I. The summed E-state index contributed by atoms with van der Waals surface area (Å²) in [6, 6.07) is 5.72. The van der Waals surface area contributed by atoms with E-state index < -0.39 is 0 Å². The predicted octanol–water partition coefficient (Wildman–Crippen LogP) is 4.17. The molecule has 0 aliphatic carbocycles. The smallest absolute Gasteiger partial charge is 0.242 e. The topological polar surface area (TPSA) is 84.0 Å². The molecule has 8 heteroatoms. The lowest BCUT2D eigenvalue weighted by Crippen LogP contribution is -2.42. The number of nitrogens with one attached hydrogen (secondary N) is 3. The van der Waals surface area contributed by atoms with E-state index in [1.54, 1.807) is 0 Å². The molecule has 0 saturated carbocycles. The highest BCUT2D eigenvalue weighted by atomic mass is 127. The van der Waals surface area contributed by atoms with Gasteiger partial charge in [0.2, 0.25) is 5.91 Å². The molecule has 3 N–H and O–H groups in total. The van der Waals surface area contributed by atoms with Crippen molar-refractivity contribution in [1.29, 1.82) is 0 Å². The fourth-order valence-electron chi connectivity index (χ4n) is 2.84. The van der Waals surface area contributed by atoms with Crippen molar-refractivity contribution < 1.29 is 14.3 Å². The molecule has 1 amide bonds. The van der Waals surface area contributed by atoms with Gasteiger partial charge in [0.05, 0.1) is 13.2 Å². The summed E-state index contributed by atoms with van der Waals surface area (Å²) in [6.07, 6.45) is 3.03. The summed E-state index contributed by atoms with van der Waals surface area (Å²) in [5.41, 5.74) is 0.555. The summed E-state index contributed by atoms with van der Waals surface area (Å²) in [7, 11) is 0. The quantitative estimate of drug-likeness (QED) is 0.213. The maximum absolute atomic E-state index is 12.2. The summed E-state index contributed by atoms with van der Waals surface area (Å²) in [4.78, 5) is 16.6. The van der Waals surface area contributed by atoms with Crippen LogP contribution in [0.3, 0.4) is 0 Å². The first-order valence-electron chi connectivity index (χ1n) is 10.5. The van der Waals surface area contributed by atoms with Gasteiger partial charge in [-0.3, -0.25) is 4.79 Å². The highest BCUT2D eigenvalue weighted by Crippen LogP contribution is 2.32. The van der Waals surface area contributed by atoms with Crippen LogP contribution in [0.1, 0.15) is 53.9 Å². The maximum Gasteiger partial charge on any atom is 0.242 e. The number of halogens is 1. The number of guanidine groups is 1. The molecule has 7 nitrogen and oxygen atoms in total. The van der Waals surface area contributed by atoms with Crippen LogP contribution in [0.15, 0.2) is 23.2 Å². The summed E-state index contributed by atoms with van der Waals surface area (Å²) in [5, 5.41) is 9.53. The number of rotatable bonds is 7. The number of carbonyl (C=O) groups is 1. The second kappa shape index (κ2) is 12.9. The van der Waals surface area contributed by atoms with E-state index in [0.29, 0.717) is 25.1 Å². The number of hydrogen-bond donors (Lipinski definition) is 3. The molecule has 0 atom stereocenters. The normalized spacial score (nSPS) is 13.9. The molecular formula is C22H37IN4O3. The van der Waals surface area contributed by atoms with Gasteiger partial charge in [-0.2, -0.15) is 0 Å². The Labute approximate surface area is 197 Å². The number of anilines is 1. The molecule has 1 aliphatic rings. The summed E-state index contributed by atoms with van der Waals surface area (Å²) < 4.78 is 11.4. The number of fused-ring (bicyclic) bond motifs is 1. The molecule has 1 heterocycles. The monoisotopic (exact) mass is 532 g/mol. The van der Waals surface area contributed by atoms with E-state index in [2.05, 4.69) is 34.8 Å². The first-order valence-corrected chi connectivity index (χ1v) is 10.5. The minimum atomic E-state index is -0.279. The fraction of sp³-hybridized carbons (Fsp3) is 0.636. The second-order valence-corrected chi connectivity index (χ2v) is 8.76. The minimum absolute atomic E-state index is 0. The average molecular weight is 532 g/mol. The van der Waals surface area contributed by atoms with E-state index in [4.69, 9.17) is 9.47 Å². The molecule has 0 radical (unpaired) electrons. The molecule has 0 aromatic heterocycles. The van der Waals surface area contributed by atoms with E-state index in [9.17, 15) is 4.79 Å². The van der Waals surface area contributed by atoms with Crippen LogP contribution >= 0.6 is 24.0 Å². The van der Waals surface area contributed by atoms with Crippen molar-refractivity contribution in [2.75, 3.05) is 31.6 Å². The summed E-state index contributed by atoms with van der Waals surface area (Å²) >= 11 is 0. The Bertz CT molecular complexity index is 702. The number of benzene rings is 1. The molecule has 1 aromatic carbocycles. The van der Waals surface area contributed by atoms with Crippen LogP contribution in [-0.2, 0) is 4.79 Å². The molecule has 2 rings (SSSR count). The molecular weight excluding hydrogens is 495 g/mol. The van der Waals surface area contributed by atoms with Gasteiger partial charge in [-0.05, 0) is 51.7 Å².